The van der Waals surface area contributed by atoms with Gasteiger partial charge in [0.15, 0.2) is 5.82 Å². The van der Waals surface area contributed by atoms with E-state index in [1.807, 2.05) is 5.38 Å². The fourth-order valence-corrected chi connectivity index (χ4v) is 2.02. The van der Waals surface area contributed by atoms with Crippen molar-refractivity contribution in [3.05, 3.63) is 22.1 Å². The molecule has 2 heterocycles. The molecule has 18 heavy (non-hydrogen) atoms. The molecule has 0 aromatic carbocycles. The molecule has 2 N–H and O–H groups in total. The predicted octanol–water partition coefficient (Wildman–Crippen LogP) is 1.67. The number of aryl methyl sites for hydroxylation is 1. The lowest BCUT2D eigenvalue weighted by atomic mass is 10.2. The maximum atomic E-state index is 11.7. The molecule has 0 fully saturated rings. The van der Waals surface area contributed by atoms with Crippen LogP contribution in [0.15, 0.2) is 10.9 Å². The maximum absolute atomic E-state index is 11.7. The van der Waals surface area contributed by atoms with E-state index < -0.39 is 5.97 Å². The SMILES string of the molecule is CCOC(=O)c1c(C)nc(-c2cscn2)nc1N. The second kappa shape index (κ2) is 5.09. The Kier molecular flexibility index (Phi) is 3.52. The van der Waals surface area contributed by atoms with Crippen LogP contribution in [-0.4, -0.2) is 27.5 Å². The van der Waals surface area contributed by atoms with Crippen LogP contribution in [0.3, 0.4) is 0 Å². The lowest BCUT2D eigenvalue weighted by Gasteiger charge is -2.08. The van der Waals surface area contributed by atoms with E-state index in [1.165, 1.54) is 11.3 Å². The van der Waals surface area contributed by atoms with Gasteiger partial charge in [0.1, 0.15) is 17.1 Å². The highest BCUT2D eigenvalue weighted by molar-refractivity contribution is 7.07. The van der Waals surface area contributed by atoms with Crippen molar-refractivity contribution in [2.75, 3.05) is 12.3 Å². The Morgan fingerprint density at radius 1 is 1.50 bits per heavy atom. The minimum absolute atomic E-state index is 0.115. The van der Waals surface area contributed by atoms with Gasteiger partial charge in [0.05, 0.1) is 17.8 Å². The summed E-state index contributed by atoms with van der Waals surface area (Å²) in [6.07, 6.45) is 0. The number of ether oxygens (including phenoxy) is 1. The standard InChI is InChI=1S/C11H12N4O2S/c1-3-17-11(16)8-6(2)14-10(15-9(8)12)7-4-18-5-13-7/h4-5H,3H2,1-2H3,(H2,12,14,15). The number of thiazole rings is 1. The van der Waals surface area contributed by atoms with Crippen LogP contribution >= 0.6 is 11.3 Å². The van der Waals surface area contributed by atoms with Crippen LogP contribution in [0, 0.1) is 6.92 Å². The van der Waals surface area contributed by atoms with Crippen molar-refractivity contribution in [3.8, 4) is 11.5 Å². The average Bonchev–Trinajstić information content (AvgIpc) is 2.81. The summed E-state index contributed by atoms with van der Waals surface area (Å²) < 4.78 is 4.91. The highest BCUT2D eigenvalue weighted by Crippen LogP contribution is 2.20. The first-order valence-electron chi connectivity index (χ1n) is 5.33. The highest BCUT2D eigenvalue weighted by atomic mass is 32.1. The topological polar surface area (TPSA) is 91.0 Å². The zero-order chi connectivity index (χ0) is 13.1. The fraction of sp³-hybridized carbons (Fsp3) is 0.273. The molecule has 0 aliphatic heterocycles. The van der Waals surface area contributed by atoms with E-state index in [0.29, 0.717) is 17.2 Å². The van der Waals surface area contributed by atoms with Crippen LogP contribution in [0.5, 0.6) is 0 Å². The molecule has 0 saturated heterocycles. The van der Waals surface area contributed by atoms with Crippen molar-refractivity contribution >= 4 is 23.1 Å². The van der Waals surface area contributed by atoms with Crippen LogP contribution in [0.2, 0.25) is 0 Å². The van der Waals surface area contributed by atoms with Crippen molar-refractivity contribution in [2.24, 2.45) is 0 Å². The number of esters is 1. The van der Waals surface area contributed by atoms with Crippen LogP contribution in [0.4, 0.5) is 5.82 Å². The lowest BCUT2D eigenvalue weighted by Crippen LogP contribution is -2.13. The first-order valence-corrected chi connectivity index (χ1v) is 6.27. The Morgan fingerprint density at radius 2 is 2.28 bits per heavy atom. The van der Waals surface area contributed by atoms with Gasteiger partial charge in [-0.25, -0.2) is 19.7 Å². The van der Waals surface area contributed by atoms with Gasteiger partial charge in [0, 0.05) is 5.38 Å². The summed E-state index contributed by atoms with van der Waals surface area (Å²) in [5.41, 5.74) is 8.82. The number of nitrogen functional groups attached to an aromatic ring is 1. The molecule has 0 spiro atoms. The molecule has 0 radical (unpaired) electrons. The summed E-state index contributed by atoms with van der Waals surface area (Å²) in [4.78, 5) is 24.1. The molecule has 0 amide bonds. The second-order valence-corrected chi connectivity index (χ2v) is 4.21. The van der Waals surface area contributed by atoms with Crippen LogP contribution < -0.4 is 5.73 Å². The predicted molar refractivity (Wildman–Crippen MR) is 68.2 cm³/mol. The lowest BCUT2D eigenvalue weighted by molar-refractivity contribution is 0.0526. The molecule has 7 heteroatoms. The van der Waals surface area contributed by atoms with Gasteiger partial charge in [-0.3, -0.25) is 0 Å². The smallest absolute Gasteiger partial charge is 0.343 e. The van der Waals surface area contributed by atoms with Crippen LogP contribution in [0.1, 0.15) is 23.0 Å². The number of rotatable bonds is 3. The highest BCUT2D eigenvalue weighted by Gasteiger charge is 2.18. The summed E-state index contributed by atoms with van der Waals surface area (Å²) in [7, 11) is 0. The first kappa shape index (κ1) is 12.4. The number of nitrogens with two attached hydrogens (primary N) is 1. The number of hydrogen-bond donors (Lipinski definition) is 1. The van der Waals surface area contributed by atoms with Gasteiger partial charge in [-0.1, -0.05) is 0 Å². The van der Waals surface area contributed by atoms with E-state index in [1.54, 1.807) is 19.4 Å². The van der Waals surface area contributed by atoms with Gasteiger partial charge in [-0.15, -0.1) is 11.3 Å². The largest absolute Gasteiger partial charge is 0.462 e. The molecule has 2 aromatic heterocycles. The number of nitrogens with zero attached hydrogens (tertiary/aromatic N) is 3. The minimum Gasteiger partial charge on any atom is -0.462 e. The Bertz CT molecular complexity index is 545. The van der Waals surface area contributed by atoms with Gasteiger partial charge in [-0.05, 0) is 13.8 Å². The van der Waals surface area contributed by atoms with E-state index in [2.05, 4.69) is 15.0 Å². The zero-order valence-corrected chi connectivity index (χ0v) is 10.8. The fourth-order valence-electron chi connectivity index (χ4n) is 1.49. The summed E-state index contributed by atoms with van der Waals surface area (Å²) in [6.45, 7) is 3.71. The molecule has 0 bridgehead atoms. The zero-order valence-electron chi connectivity index (χ0n) is 10.0. The third-order valence-corrected chi connectivity index (χ3v) is 2.85. The molecular formula is C11H12N4O2S. The minimum atomic E-state index is -0.502. The van der Waals surface area contributed by atoms with Crippen molar-refractivity contribution < 1.29 is 9.53 Å². The average molecular weight is 264 g/mol. The van der Waals surface area contributed by atoms with Crippen molar-refractivity contribution in [1.82, 2.24) is 15.0 Å². The van der Waals surface area contributed by atoms with E-state index in [4.69, 9.17) is 10.5 Å². The number of carbonyl (C=O) groups is 1. The third kappa shape index (κ3) is 2.30. The van der Waals surface area contributed by atoms with Gasteiger partial charge < -0.3 is 10.5 Å². The third-order valence-electron chi connectivity index (χ3n) is 2.26. The van der Waals surface area contributed by atoms with Gasteiger partial charge >= 0.3 is 5.97 Å². The monoisotopic (exact) mass is 264 g/mol. The van der Waals surface area contributed by atoms with Gasteiger partial charge in [0.2, 0.25) is 0 Å². The van der Waals surface area contributed by atoms with Gasteiger partial charge in [-0.2, -0.15) is 0 Å². The van der Waals surface area contributed by atoms with Crippen molar-refractivity contribution in [3.63, 3.8) is 0 Å². The summed E-state index contributed by atoms with van der Waals surface area (Å²) in [5.74, 6) is 0.0283. The Hall–Kier alpha value is -2.02. The molecule has 0 saturated carbocycles. The van der Waals surface area contributed by atoms with Crippen molar-refractivity contribution in [2.45, 2.75) is 13.8 Å². The molecule has 0 aliphatic rings. The molecule has 94 valence electrons. The maximum Gasteiger partial charge on any atom is 0.343 e. The number of anilines is 1. The molecule has 0 unspecified atom stereocenters. The quantitative estimate of drug-likeness (QED) is 0.848. The van der Waals surface area contributed by atoms with E-state index >= 15 is 0 Å². The van der Waals surface area contributed by atoms with E-state index in [0.717, 1.165) is 0 Å². The Balaban J connectivity index is 2.44. The molecular weight excluding hydrogens is 252 g/mol. The Labute approximate surface area is 108 Å². The molecule has 2 rings (SSSR count). The first-order chi connectivity index (χ1) is 8.63. The van der Waals surface area contributed by atoms with Crippen LogP contribution in [-0.2, 0) is 4.74 Å². The summed E-state index contributed by atoms with van der Waals surface area (Å²) >= 11 is 1.44. The number of carbonyl (C=O) groups excluding carboxylic acids is 1. The second-order valence-electron chi connectivity index (χ2n) is 3.49. The normalized spacial score (nSPS) is 10.3. The molecule has 6 nitrogen and oxygen atoms in total. The van der Waals surface area contributed by atoms with Gasteiger partial charge in [0.25, 0.3) is 0 Å². The van der Waals surface area contributed by atoms with Crippen LogP contribution in [0.25, 0.3) is 11.5 Å². The molecule has 0 atom stereocenters. The summed E-state index contributed by atoms with van der Waals surface area (Å²) in [5, 5.41) is 1.82. The Morgan fingerprint density at radius 3 is 2.83 bits per heavy atom. The van der Waals surface area contributed by atoms with Crippen molar-refractivity contribution in [1.29, 1.82) is 0 Å². The number of hydrogen-bond acceptors (Lipinski definition) is 7. The number of aromatic nitrogens is 3. The summed E-state index contributed by atoms with van der Waals surface area (Å²) in [6, 6.07) is 0. The molecule has 0 aliphatic carbocycles. The van der Waals surface area contributed by atoms with E-state index in [9.17, 15) is 4.79 Å². The molecule has 2 aromatic rings. The van der Waals surface area contributed by atoms with E-state index in [-0.39, 0.29) is 18.0 Å².